The van der Waals surface area contributed by atoms with Gasteiger partial charge in [0.25, 0.3) is 5.91 Å². The van der Waals surface area contributed by atoms with Gasteiger partial charge in [-0.05, 0) is 65.1 Å². The van der Waals surface area contributed by atoms with E-state index in [-0.39, 0.29) is 18.3 Å². The van der Waals surface area contributed by atoms with Gasteiger partial charge in [-0.25, -0.2) is 4.39 Å². The molecule has 0 heterocycles. The van der Waals surface area contributed by atoms with E-state index in [2.05, 4.69) is 27.9 Å². The molecule has 0 spiro atoms. The van der Waals surface area contributed by atoms with Crippen LogP contribution in [-0.4, -0.2) is 12.5 Å². The summed E-state index contributed by atoms with van der Waals surface area (Å²) in [4.78, 5) is 11.6. The van der Waals surface area contributed by atoms with Gasteiger partial charge in [-0.15, -0.1) is 0 Å². The summed E-state index contributed by atoms with van der Waals surface area (Å²) < 4.78 is 19.1. The van der Waals surface area contributed by atoms with E-state index in [1.165, 1.54) is 24.3 Å². The third-order valence-corrected chi connectivity index (χ3v) is 2.96. The highest BCUT2D eigenvalue weighted by Gasteiger charge is 2.04. The van der Waals surface area contributed by atoms with Crippen LogP contribution >= 0.6 is 22.6 Å². The molecule has 5 heteroatoms. The van der Waals surface area contributed by atoms with Crippen molar-refractivity contribution in [1.29, 1.82) is 0 Å². The first-order chi connectivity index (χ1) is 9.13. The lowest BCUT2D eigenvalue weighted by atomic mass is 10.3. The van der Waals surface area contributed by atoms with Crippen LogP contribution in [0.3, 0.4) is 0 Å². The highest BCUT2D eigenvalue weighted by molar-refractivity contribution is 14.1. The predicted octanol–water partition coefficient (Wildman–Crippen LogP) is 3.45. The van der Waals surface area contributed by atoms with Crippen LogP contribution in [0.5, 0.6) is 5.75 Å². The number of carbonyl (C=O) groups excluding carboxylic acids is 1. The van der Waals surface area contributed by atoms with Gasteiger partial charge in [0, 0.05) is 9.26 Å². The maximum Gasteiger partial charge on any atom is 0.262 e. The Kier molecular flexibility index (Phi) is 4.73. The molecule has 0 radical (unpaired) electrons. The second-order valence-electron chi connectivity index (χ2n) is 3.80. The molecule has 98 valence electrons. The van der Waals surface area contributed by atoms with Crippen LogP contribution in [-0.2, 0) is 4.79 Å². The van der Waals surface area contributed by atoms with Crippen LogP contribution in [0.4, 0.5) is 10.1 Å². The summed E-state index contributed by atoms with van der Waals surface area (Å²) in [5.41, 5.74) is 0.539. The molecule has 0 unspecified atom stereocenters. The Bertz CT molecular complexity index is 572. The van der Waals surface area contributed by atoms with E-state index in [1.807, 2.05) is 18.2 Å². The van der Waals surface area contributed by atoms with Crippen molar-refractivity contribution in [3.05, 3.63) is 57.9 Å². The van der Waals surface area contributed by atoms with E-state index >= 15 is 0 Å². The number of ether oxygens (including phenoxy) is 1. The second-order valence-corrected chi connectivity index (χ2v) is 5.05. The van der Waals surface area contributed by atoms with Crippen LogP contribution in [0.25, 0.3) is 0 Å². The fourth-order valence-corrected chi connectivity index (χ4v) is 1.95. The van der Waals surface area contributed by atoms with Crippen molar-refractivity contribution in [3.63, 3.8) is 0 Å². The Morgan fingerprint density at radius 1 is 1.21 bits per heavy atom. The third kappa shape index (κ3) is 4.51. The molecule has 0 aromatic heterocycles. The van der Waals surface area contributed by atoms with Gasteiger partial charge in [-0.1, -0.05) is 6.07 Å². The molecule has 0 fully saturated rings. The summed E-state index contributed by atoms with van der Waals surface area (Å²) in [6.45, 7) is -0.0858. The van der Waals surface area contributed by atoms with E-state index in [0.717, 1.165) is 3.57 Å². The third-order valence-electron chi connectivity index (χ3n) is 2.29. The van der Waals surface area contributed by atoms with Crippen molar-refractivity contribution in [3.8, 4) is 5.75 Å². The lowest BCUT2D eigenvalue weighted by molar-refractivity contribution is -0.118. The lowest BCUT2D eigenvalue weighted by Crippen LogP contribution is -2.20. The summed E-state index contributed by atoms with van der Waals surface area (Å²) in [6, 6.07) is 13.0. The van der Waals surface area contributed by atoms with Crippen molar-refractivity contribution >= 4 is 34.2 Å². The Balaban J connectivity index is 1.86. The zero-order valence-electron chi connectivity index (χ0n) is 9.90. The van der Waals surface area contributed by atoms with E-state index < -0.39 is 0 Å². The van der Waals surface area contributed by atoms with Gasteiger partial charge < -0.3 is 10.1 Å². The summed E-state index contributed by atoms with van der Waals surface area (Å²) in [5, 5.41) is 2.62. The van der Waals surface area contributed by atoms with Crippen molar-refractivity contribution < 1.29 is 13.9 Å². The summed E-state index contributed by atoms with van der Waals surface area (Å²) in [5.74, 6) is 0.0136. The quantitative estimate of drug-likeness (QED) is 0.837. The molecule has 1 N–H and O–H groups in total. The van der Waals surface area contributed by atoms with Crippen molar-refractivity contribution in [2.75, 3.05) is 11.9 Å². The number of rotatable bonds is 4. The molecule has 0 aliphatic rings. The number of carbonyl (C=O) groups is 1. The minimum absolute atomic E-state index is 0.0858. The molecule has 2 aromatic carbocycles. The molecular weight excluding hydrogens is 360 g/mol. The topological polar surface area (TPSA) is 38.3 Å². The monoisotopic (exact) mass is 371 g/mol. The van der Waals surface area contributed by atoms with Gasteiger partial charge in [0.2, 0.25) is 0 Å². The molecule has 0 atom stereocenters. The van der Waals surface area contributed by atoms with Crippen LogP contribution in [0.15, 0.2) is 48.5 Å². The second kappa shape index (κ2) is 6.51. The van der Waals surface area contributed by atoms with Gasteiger partial charge >= 0.3 is 0 Å². The molecule has 0 aliphatic carbocycles. The maximum absolute atomic E-state index is 12.7. The summed E-state index contributed by atoms with van der Waals surface area (Å²) >= 11 is 2.17. The van der Waals surface area contributed by atoms with E-state index in [4.69, 9.17) is 4.74 Å². The molecule has 0 bridgehead atoms. The highest BCUT2D eigenvalue weighted by Crippen LogP contribution is 2.15. The fourth-order valence-electron chi connectivity index (χ4n) is 1.44. The average molecular weight is 371 g/mol. The first-order valence-electron chi connectivity index (χ1n) is 5.57. The van der Waals surface area contributed by atoms with Gasteiger partial charge in [-0.3, -0.25) is 4.79 Å². The maximum atomic E-state index is 12.7. The van der Waals surface area contributed by atoms with Crippen molar-refractivity contribution in [2.24, 2.45) is 0 Å². The van der Waals surface area contributed by atoms with E-state index in [0.29, 0.717) is 11.4 Å². The number of benzene rings is 2. The smallest absolute Gasteiger partial charge is 0.262 e. The molecule has 19 heavy (non-hydrogen) atoms. The zero-order chi connectivity index (χ0) is 13.7. The number of nitrogens with one attached hydrogen (secondary N) is 1. The number of hydrogen-bond acceptors (Lipinski definition) is 2. The Labute approximate surface area is 123 Å². The Morgan fingerprint density at radius 3 is 2.63 bits per heavy atom. The molecule has 0 saturated carbocycles. The minimum atomic E-state index is -0.340. The molecule has 1 amide bonds. The van der Waals surface area contributed by atoms with E-state index in [9.17, 15) is 9.18 Å². The van der Waals surface area contributed by atoms with Gasteiger partial charge in [0.1, 0.15) is 11.6 Å². The number of anilines is 1. The standard InChI is InChI=1S/C14H11FINO2/c15-10-4-6-12(7-5-10)17-14(18)9-19-13-3-1-2-11(16)8-13/h1-8H,9H2,(H,17,18). The molecular formula is C14H11FINO2. The summed E-state index contributed by atoms with van der Waals surface area (Å²) in [6.07, 6.45) is 0. The van der Waals surface area contributed by atoms with Crippen LogP contribution in [0.1, 0.15) is 0 Å². The Hall–Kier alpha value is -1.63. The minimum Gasteiger partial charge on any atom is -0.484 e. The van der Waals surface area contributed by atoms with Crippen molar-refractivity contribution in [2.45, 2.75) is 0 Å². The number of hydrogen-bond donors (Lipinski definition) is 1. The fraction of sp³-hybridized carbons (Fsp3) is 0.0714. The zero-order valence-corrected chi connectivity index (χ0v) is 12.1. The molecule has 0 aliphatic heterocycles. The molecule has 2 rings (SSSR count). The van der Waals surface area contributed by atoms with Gasteiger partial charge in [0.05, 0.1) is 0 Å². The normalized spacial score (nSPS) is 10.0. The van der Waals surface area contributed by atoms with E-state index in [1.54, 1.807) is 6.07 Å². The lowest BCUT2D eigenvalue weighted by Gasteiger charge is -2.07. The Morgan fingerprint density at radius 2 is 1.95 bits per heavy atom. The SMILES string of the molecule is O=C(COc1cccc(I)c1)Nc1ccc(F)cc1. The van der Waals surface area contributed by atoms with Crippen molar-refractivity contribution in [1.82, 2.24) is 0 Å². The average Bonchev–Trinajstić information content (AvgIpc) is 2.39. The molecule has 0 saturated heterocycles. The largest absolute Gasteiger partial charge is 0.484 e. The van der Waals surface area contributed by atoms with Crippen LogP contribution in [0.2, 0.25) is 0 Å². The van der Waals surface area contributed by atoms with Crippen LogP contribution < -0.4 is 10.1 Å². The molecule has 3 nitrogen and oxygen atoms in total. The first kappa shape index (κ1) is 13.8. The number of halogens is 2. The predicted molar refractivity (Wildman–Crippen MR) is 79.7 cm³/mol. The van der Waals surface area contributed by atoms with Gasteiger partial charge in [0.15, 0.2) is 6.61 Å². The number of amides is 1. The first-order valence-corrected chi connectivity index (χ1v) is 6.65. The summed E-state index contributed by atoms with van der Waals surface area (Å²) in [7, 11) is 0. The van der Waals surface area contributed by atoms with Crippen LogP contribution in [0, 0.1) is 9.39 Å². The highest BCUT2D eigenvalue weighted by atomic mass is 127. The van der Waals surface area contributed by atoms with Gasteiger partial charge in [-0.2, -0.15) is 0 Å². The molecule has 2 aromatic rings.